The number of nitrogens with zero attached hydrogens (tertiary/aromatic N) is 3. The van der Waals surface area contributed by atoms with Crippen LogP contribution in [0, 0.1) is 13.8 Å². The molecule has 1 aliphatic rings. The molecule has 166 valence electrons. The summed E-state index contributed by atoms with van der Waals surface area (Å²) in [4.78, 5) is 36.1. The van der Waals surface area contributed by atoms with Gasteiger partial charge in [-0.05, 0) is 57.0 Å². The van der Waals surface area contributed by atoms with Crippen molar-refractivity contribution in [2.45, 2.75) is 39.2 Å². The smallest absolute Gasteiger partial charge is 0.251 e. The summed E-state index contributed by atoms with van der Waals surface area (Å²) in [6.45, 7) is 5.48. The van der Waals surface area contributed by atoms with Crippen LogP contribution in [0.2, 0.25) is 0 Å². The molecular formula is C25H28N4O3. The molecule has 2 aromatic carbocycles. The first kappa shape index (κ1) is 21.7. The Morgan fingerprint density at radius 2 is 1.69 bits per heavy atom. The molecule has 2 amide bonds. The van der Waals surface area contributed by atoms with Gasteiger partial charge in [0.1, 0.15) is 5.75 Å². The third kappa shape index (κ3) is 5.22. The molecule has 4 rings (SSSR count). The molecule has 0 aliphatic carbocycles. The number of rotatable bonds is 6. The molecule has 32 heavy (non-hydrogen) atoms. The lowest BCUT2D eigenvalue weighted by Crippen LogP contribution is -2.46. The normalized spacial score (nSPS) is 14.4. The van der Waals surface area contributed by atoms with E-state index in [1.807, 2.05) is 55.1 Å². The Kier molecular flexibility index (Phi) is 6.63. The van der Waals surface area contributed by atoms with E-state index in [1.165, 1.54) is 0 Å². The molecule has 1 saturated heterocycles. The van der Waals surface area contributed by atoms with Crippen LogP contribution in [0.15, 0.2) is 48.5 Å². The van der Waals surface area contributed by atoms with E-state index in [2.05, 4.69) is 15.3 Å². The number of fused-ring (bicyclic) bond motifs is 1. The van der Waals surface area contributed by atoms with Gasteiger partial charge in [0.25, 0.3) is 5.91 Å². The van der Waals surface area contributed by atoms with Gasteiger partial charge in [0.15, 0.2) is 0 Å². The lowest BCUT2D eigenvalue weighted by molar-refractivity contribution is -0.132. The summed E-state index contributed by atoms with van der Waals surface area (Å²) < 4.78 is 5.62. The quantitative estimate of drug-likeness (QED) is 0.645. The fourth-order valence-electron chi connectivity index (χ4n) is 3.84. The van der Waals surface area contributed by atoms with Crippen LogP contribution in [0.4, 0.5) is 0 Å². The van der Waals surface area contributed by atoms with Gasteiger partial charge in [0, 0.05) is 24.7 Å². The molecule has 1 fully saturated rings. The minimum atomic E-state index is -0.118. The second kappa shape index (κ2) is 9.77. The second-order valence-corrected chi connectivity index (χ2v) is 8.14. The van der Waals surface area contributed by atoms with E-state index in [0.717, 1.165) is 41.0 Å². The van der Waals surface area contributed by atoms with Gasteiger partial charge in [-0.25, -0.2) is 9.97 Å². The number of hydrogen-bond donors (Lipinski definition) is 1. The first-order valence-corrected chi connectivity index (χ1v) is 11.0. The minimum Gasteiger partial charge on any atom is -0.493 e. The Morgan fingerprint density at radius 3 is 2.41 bits per heavy atom. The lowest BCUT2D eigenvalue weighted by atomic mass is 10.0. The molecule has 0 radical (unpaired) electrons. The molecule has 1 aliphatic heterocycles. The summed E-state index contributed by atoms with van der Waals surface area (Å²) in [7, 11) is 0. The summed E-state index contributed by atoms with van der Waals surface area (Å²) >= 11 is 0. The summed E-state index contributed by atoms with van der Waals surface area (Å²) in [6, 6.07) is 15.0. The van der Waals surface area contributed by atoms with Crippen molar-refractivity contribution in [2.75, 3.05) is 19.7 Å². The van der Waals surface area contributed by atoms with Crippen LogP contribution in [-0.2, 0) is 4.79 Å². The van der Waals surface area contributed by atoms with E-state index >= 15 is 0 Å². The van der Waals surface area contributed by atoms with Gasteiger partial charge in [-0.15, -0.1) is 0 Å². The van der Waals surface area contributed by atoms with Crippen molar-refractivity contribution >= 4 is 22.8 Å². The zero-order valence-corrected chi connectivity index (χ0v) is 18.5. The van der Waals surface area contributed by atoms with Gasteiger partial charge in [0.2, 0.25) is 5.91 Å². The van der Waals surface area contributed by atoms with Crippen molar-refractivity contribution in [3.05, 3.63) is 65.5 Å². The molecule has 1 N–H and O–H groups in total. The summed E-state index contributed by atoms with van der Waals surface area (Å²) in [6.07, 6.45) is 1.83. The molecule has 3 aromatic rings. The van der Waals surface area contributed by atoms with Crippen molar-refractivity contribution in [3.8, 4) is 5.75 Å². The standard InChI is InChI=1S/C25H28N4O3/c1-17-18(2)27-23-16-19(8-9-22(23)26-17)25(31)28-20-10-13-29(14-11-20)24(30)12-15-32-21-6-4-3-5-7-21/h3-9,16,20H,10-15H2,1-2H3,(H,28,31). The Labute approximate surface area is 187 Å². The topological polar surface area (TPSA) is 84.4 Å². The van der Waals surface area contributed by atoms with Gasteiger partial charge in [-0.3, -0.25) is 9.59 Å². The number of carbonyl (C=O) groups is 2. The fourth-order valence-corrected chi connectivity index (χ4v) is 3.84. The van der Waals surface area contributed by atoms with Crippen LogP contribution in [0.25, 0.3) is 11.0 Å². The minimum absolute atomic E-state index is 0.0497. The molecule has 0 bridgehead atoms. The van der Waals surface area contributed by atoms with Crippen LogP contribution >= 0.6 is 0 Å². The van der Waals surface area contributed by atoms with Gasteiger partial charge < -0.3 is 15.0 Å². The largest absolute Gasteiger partial charge is 0.493 e. The van der Waals surface area contributed by atoms with Crippen molar-refractivity contribution in [1.29, 1.82) is 0 Å². The average Bonchev–Trinajstić information content (AvgIpc) is 2.80. The zero-order chi connectivity index (χ0) is 22.5. The van der Waals surface area contributed by atoms with Crippen molar-refractivity contribution < 1.29 is 14.3 Å². The predicted molar refractivity (Wildman–Crippen MR) is 123 cm³/mol. The maximum Gasteiger partial charge on any atom is 0.251 e. The van der Waals surface area contributed by atoms with E-state index < -0.39 is 0 Å². The van der Waals surface area contributed by atoms with E-state index in [1.54, 1.807) is 12.1 Å². The third-order valence-corrected chi connectivity index (χ3v) is 5.85. The second-order valence-electron chi connectivity index (χ2n) is 8.14. The highest BCUT2D eigenvalue weighted by Crippen LogP contribution is 2.17. The summed E-state index contributed by atoms with van der Waals surface area (Å²) in [5.41, 5.74) is 3.84. The number of para-hydroxylation sites is 1. The number of nitrogens with one attached hydrogen (secondary N) is 1. The number of aryl methyl sites for hydroxylation is 2. The number of ether oxygens (including phenoxy) is 1. The maximum atomic E-state index is 12.7. The van der Waals surface area contributed by atoms with Crippen LogP contribution in [-0.4, -0.2) is 52.4 Å². The maximum absolute atomic E-state index is 12.7. The van der Waals surface area contributed by atoms with Crippen molar-refractivity contribution in [3.63, 3.8) is 0 Å². The molecule has 7 heteroatoms. The highest BCUT2D eigenvalue weighted by atomic mass is 16.5. The molecule has 0 saturated carbocycles. The predicted octanol–water partition coefficient (Wildman–Crippen LogP) is 3.44. The number of likely N-dealkylation sites (tertiary alicyclic amines) is 1. The first-order chi connectivity index (χ1) is 15.5. The van der Waals surface area contributed by atoms with Gasteiger partial charge in [-0.2, -0.15) is 0 Å². The number of benzene rings is 2. The lowest BCUT2D eigenvalue weighted by Gasteiger charge is -2.32. The van der Waals surface area contributed by atoms with Crippen LogP contribution in [0.5, 0.6) is 5.75 Å². The van der Waals surface area contributed by atoms with Crippen LogP contribution in [0.3, 0.4) is 0 Å². The molecule has 0 atom stereocenters. The molecule has 7 nitrogen and oxygen atoms in total. The number of aromatic nitrogens is 2. The molecule has 2 heterocycles. The number of hydrogen-bond acceptors (Lipinski definition) is 5. The Hall–Kier alpha value is -3.48. The zero-order valence-electron chi connectivity index (χ0n) is 18.5. The summed E-state index contributed by atoms with van der Waals surface area (Å²) in [5.74, 6) is 0.740. The van der Waals surface area contributed by atoms with Crippen molar-refractivity contribution in [2.24, 2.45) is 0 Å². The first-order valence-electron chi connectivity index (χ1n) is 11.0. The highest BCUT2D eigenvalue weighted by molar-refractivity contribution is 5.97. The van der Waals surface area contributed by atoms with E-state index in [-0.39, 0.29) is 17.9 Å². The number of amides is 2. The van der Waals surface area contributed by atoms with Gasteiger partial charge in [-0.1, -0.05) is 18.2 Å². The highest BCUT2D eigenvalue weighted by Gasteiger charge is 2.24. The Bertz CT molecular complexity index is 1110. The number of carbonyl (C=O) groups excluding carboxylic acids is 2. The molecule has 1 aromatic heterocycles. The van der Waals surface area contributed by atoms with E-state index in [4.69, 9.17) is 4.74 Å². The van der Waals surface area contributed by atoms with Crippen LogP contribution < -0.4 is 10.1 Å². The third-order valence-electron chi connectivity index (χ3n) is 5.85. The number of piperidine rings is 1. The SMILES string of the molecule is Cc1nc2ccc(C(=O)NC3CCN(C(=O)CCOc4ccccc4)CC3)cc2nc1C. The molecule has 0 spiro atoms. The van der Waals surface area contributed by atoms with E-state index in [9.17, 15) is 9.59 Å². The van der Waals surface area contributed by atoms with Crippen molar-refractivity contribution in [1.82, 2.24) is 20.2 Å². The average molecular weight is 433 g/mol. The summed E-state index contributed by atoms with van der Waals surface area (Å²) in [5, 5.41) is 3.10. The fraction of sp³-hybridized carbons (Fsp3) is 0.360. The van der Waals surface area contributed by atoms with Gasteiger partial charge in [0.05, 0.1) is 35.4 Å². The van der Waals surface area contributed by atoms with E-state index in [0.29, 0.717) is 31.7 Å². The molecular weight excluding hydrogens is 404 g/mol. The van der Waals surface area contributed by atoms with Gasteiger partial charge >= 0.3 is 0 Å². The van der Waals surface area contributed by atoms with Crippen LogP contribution in [0.1, 0.15) is 41.0 Å². The molecule has 0 unspecified atom stereocenters. The monoisotopic (exact) mass is 432 g/mol. The Morgan fingerprint density at radius 1 is 1.00 bits per heavy atom. The Balaban J connectivity index is 1.25.